The van der Waals surface area contributed by atoms with Gasteiger partial charge in [-0.05, 0) is 67.2 Å². The molecule has 0 bridgehead atoms. The van der Waals surface area contributed by atoms with Gasteiger partial charge in [-0.25, -0.2) is 0 Å². The molecule has 0 aliphatic carbocycles. The first-order valence-electron chi connectivity index (χ1n) is 10.3. The Balaban J connectivity index is 1.27. The van der Waals surface area contributed by atoms with Crippen molar-refractivity contribution in [1.29, 1.82) is 0 Å². The first kappa shape index (κ1) is 19.0. The second-order valence-electron chi connectivity index (χ2n) is 7.75. The fourth-order valence-electron chi connectivity index (χ4n) is 3.98. The van der Waals surface area contributed by atoms with Gasteiger partial charge in [-0.3, -0.25) is 4.79 Å². The van der Waals surface area contributed by atoms with Crippen molar-refractivity contribution in [2.24, 2.45) is 5.92 Å². The SMILES string of the molecule is O=C(Cc1ccc(CC2CCNC2)cc1)Nc1ccc(N2CCOCC2)cc1. The van der Waals surface area contributed by atoms with E-state index in [0.29, 0.717) is 6.42 Å². The van der Waals surface area contributed by atoms with Crippen LogP contribution in [0.3, 0.4) is 0 Å². The summed E-state index contributed by atoms with van der Waals surface area (Å²) < 4.78 is 5.39. The normalized spacial score (nSPS) is 19.6. The highest BCUT2D eigenvalue weighted by molar-refractivity contribution is 5.92. The highest BCUT2D eigenvalue weighted by atomic mass is 16.5. The Morgan fingerprint density at radius 1 is 1.04 bits per heavy atom. The van der Waals surface area contributed by atoms with Crippen LogP contribution in [-0.2, 0) is 22.4 Å². The number of hydrogen-bond donors (Lipinski definition) is 2. The van der Waals surface area contributed by atoms with Crippen LogP contribution in [-0.4, -0.2) is 45.3 Å². The summed E-state index contributed by atoms with van der Waals surface area (Å²) in [4.78, 5) is 14.7. The minimum absolute atomic E-state index is 0.0202. The largest absolute Gasteiger partial charge is 0.378 e. The summed E-state index contributed by atoms with van der Waals surface area (Å²) in [5.74, 6) is 0.765. The zero-order valence-electron chi connectivity index (χ0n) is 16.3. The van der Waals surface area contributed by atoms with Gasteiger partial charge in [0.25, 0.3) is 0 Å². The molecule has 5 nitrogen and oxygen atoms in total. The fourth-order valence-corrected chi connectivity index (χ4v) is 3.98. The molecule has 0 spiro atoms. The predicted molar refractivity (Wildman–Crippen MR) is 113 cm³/mol. The molecular formula is C23H29N3O2. The zero-order chi connectivity index (χ0) is 19.2. The number of amides is 1. The van der Waals surface area contributed by atoms with E-state index >= 15 is 0 Å². The molecule has 0 saturated carbocycles. The molecule has 1 amide bonds. The quantitative estimate of drug-likeness (QED) is 0.810. The van der Waals surface area contributed by atoms with Crippen LogP contribution in [0.1, 0.15) is 17.5 Å². The smallest absolute Gasteiger partial charge is 0.228 e. The van der Waals surface area contributed by atoms with Crippen molar-refractivity contribution in [1.82, 2.24) is 5.32 Å². The van der Waals surface area contributed by atoms with Gasteiger partial charge in [0.15, 0.2) is 0 Å². The Morgan fingerprint density at radius 3 is 2.43 bits per heavy atom. The molecule has 2 fully saturated rings. The maximum atomic E-state index is 12.4. The number of rotatable bonds is 6. The van der Waals surface area contributed by atoms with Gasteiger partial charge in [-0.2, -0.15) is 0 Å². The van der Waals surface area contributed by atoms with Crippen LogP contribution in [0, 0.1) is 5.92 Å². The molecule has 2 aromatic rings. The number of carbonyl (C=O) groups is 1. The standard InChI is InChI=1S/C23H29N3O2/c27-23(16-19-3-1-18(2-4-19)15-20-9-10-24-17-20)25-21-5-7-22(8-6-21)26-11-13-28-14-12-26/h1-8,20,24H,9-17H2,(H,25,27). The number of morpholine rings is 1. The van der Waals surface area contributed by atoms with Gasteiger partial charge in [0.1, 0.15) is 0 Å². The monoisotopic (exact) mass is 379 g/mol. The third-order valence-corrected chi connectivity index (χ3v) is 5.60. The molecule has 0 radical (unpaired) electrons. The van der Waals surface area contributed by atoms with Gasteiger partial charge in [0.05, 0.1) is 19.6 Å². The first-order chi connectivity index (χ1) is 13.8. The molecule has 2 saturated heterocycles. The minimum atomic E-state index is 0.0202. The number of benzene rings is 2. The first-order valence-corrected chi connectivity index (χ1v) is 10.3. The molecule has 148 valence electrons. The average molecular weight is 380 g/mol. The van der Waals surface area contributed by atoms with Gasteiger partial charge in [-0.1, -0.05) is 24.3 Å². The van der Waals surface area contributed by atoms with Crippen molar-refractivity contribution in [3.8, 4) is 0 Å². The Labute approximate surface area is 167 Å². The molecule has 2 aromatic carbocycles. The summed E-state index contributed by atoms with van der Waals surface area (Å²) in [6.45, 7) is 5.63. The van der Waals surface area contributed by atoms with E-state index in [9.17, 15) is 4.79 Å². The zero-order valence-corrected chi connectivity index (χ0v) is 16.3. The lowest BCUT2D eigenvalue weighted by Gasteiger charge is -2.28. The number of nitrogens with zero attached hydrogens (tertiary/aromatic N) is 1. The Bertz CT molecular complexity index is 761. The van der Waals surface area contributed by atoms with Crippen LogP contribution in [0.15, 0.2) is 48.5 Å². The lowest BCUT2D eigenvalue weighted by atomic mass is 9.97. The van der Waals surface area contributed by atoms with Crippen LogP contribution in [0.5, 0.6) is 0 Å². The van der Waals surface area contributed by atoms with Gasteiger partial charge >= 0.3 is 0 Å². The van der Waals surface area contributed by atoms with E-state index in [4.69, 9.17) is 4.74 Å². The van der Waals surface area contributed by atoms with Gasteiger partial charge in [0.2, 0.25) is 5.91 Å². The molecule has 4 rings (SSSR count). The molecule has 2 aliphatic rings. The van der Waals surface area contributed by atoms with Crippen LogP contribution in [0.25, 0.3) is 0 Å². The molecule has 2 aliphatic heterocycles. The molecule has 1 unspecified atom stereocenters. The van der Waals surface area contributed by atoms with Crippen molar-refractivity contribution < 1.29 is 9.53 Å². The highest BCUT2D eigenvalue weighted by Crippen LogP contribution is 2.20. The highest BCUT2D eigenvalue weighted by Gasteiger charge is 2.15. The lowest BCUT2D eigenvalue weighted by Crippen LogP contribution is -2.36. The Morgan fingerprint density at radius 2 is 1.75 bits per heavy atom. The van der Waals surface area contributed by atoms with Crippen LogP contribution >= 0.6 is 0 Å². The Kier molecular flexibility index (Phi) is 6.24. The number of carbonyl (C=O) groups excluding carboxylic acids is 1. The third kappa shape index (κ3) is 5.12. The van der Waals surface area contributed by atoms with E-state index in [2.05, 4.69) is 51.9 Å². The average Bonchev–Trinajstić information content (AvgIpc) is 3.24. The summed E-state index contributed by atoms with van der Waals surface area (Å²) in [5.41, 5.74) is 4.43. The third-order valence-electron chi connectivity index (χ3n) is 5.60. The van der Waals surface area contributed by atoms with E-state index in [0.717, 1.165) is 63.0 Å². The molecule has 0 aromatic heterocycles. The summed E-state index contributed by atoms with van der Waals surface area (Å²) in [6, 6.07) is 16.6. The second-order valence-corrected chi connectivity index (χ2v) is 7.75. The van der Waals surface area contributed by atoms with Crippen LogP contribution < -0.4 is 15.5 Å². The molecule has 2 N–H and O–H groups in total. The number of anilines is 2. The van der Waals surface area contributed by atoms with Crippen LogP contribution in [0.4, 0.5) is 11.4 Å². The summed E-state index contributed by atoms with van der Waals surface area (Å²) >= 11 is 0. The van der Waals surface area contributed by atoms with E-state index < -0.39 is 0 Å². The predicted octanol–water partition coefficient (Wildman–Crippen LogP) is 2.86. The summed E-state index contributed by atoms with van der Waals surface area (Å²) in [6.07, 6.45) is 2.78. The summed E-state index contributed by atoms with van der Waals surface area (Å²) in [7, 11) is 0. The van der Waals surface area contributed by atoms with E-state index in [1.165, 1.54) is 17.7 Å². The molecule has 2 heterocycles. The van der Waals surface area contributed by atoms with Crippen molar-refractivity contribution in [2.45, 2.75) is 19.3 Å². The molecular weight excluding hydrogens is 350 g/mol. The van der Waals surface area contributed by atoms with E-state index in [-0.39, 0.29) is 5.91 Å². The lowest BCUT2D eigenvalue weighted by molar-refractivity contribution is -0.115. The molecule has 1 atom stereocenters. The Hall–Kier alpha value is -2.37. The van der Waals surface area contributed by atoms with Crippen LogP contribution in [0.2, 0.25) is 0 Å². The van der Waals surface area contributed by atoms with Crippen molar-refractivity contribution >= 4 is 17.3 Å². The van der Waals surface area contributed by atoms with Crippen molar-refractivity contribution in [2.75, 3.05) is 49.6 Å². The number of ether oxygens (including phenoxy) is 1. The maximum Gasteiger partial charge on any atom is 0.228 e. The molecule has 28 heavy (non-hydrogen) atoms. The fraction of sp³-hybridized carbons (Fsp3) is 0.435. The van der Waals surface area contributed by atoms with E-state index in [1.807, 2.05) is 12.1 Å². The van der Waals surface area contributed by atoms with E-state index in [1.54, 1.807) is 0 Å². The van der Waals surface area contributed by atoms with Gasteiger partial charge in [-0.15, -0.1) is 0 Å². The maximum absolute atomic E-state index is 12.4. The van der Waals surface area contributed by atoms with Crippen molar-refractivity contribution in [3.63, 3.8) is 0 Å². The topological polar surface area (TPSA) is 53.6 Å². The second kappa shape index (κ2) is 9.22. The van der Waals surface area contributed by atoms with Gasteiger partial charge in [0, 0.05) is 24.5 Å². The molecule has 5 heteroatoms. The summed E-state index contributed by atoms with van der Waals surface area (Å²) in [5, 5.41) is 6.42. The number of hydrogen-bond acceptors (Lipinski definition) is 4. The van der Waals surface area contributed by atoms with Gasteiger partial charge < -0.3 is 20.3 Å². The van der Waals surface area contributed by atoms with Crippen molar-refractivity contribution in [3.05, 3.63) is 59.7 Å². The minimum Gasteiger partial charge on any atom is -0.378 e. The number of nitrogens with one attached hydrogen (secondary N) is 2.